The van der Waals surface area contributed by atoms with E-state index in [0.717, 1.165) is 9.66 Å². The van der Waals surface area contributed by atoms with Crippen molar-refractivity contribution in [1.29, 1.82) is 3.56 Å². The molecule has 1 N–H and O–H groups in total. The molecule has 0 aliphatic heterocycles. The molecule has 0 fully saturated rings. The maximum atomic E-state index is 12.1. The van der Waals surface area contributed by atoms with E-state index in [1.807, 2.05) is 0 Å². The van der Waals surface area contributed by atoms with E-state index in [1.54, 1.807) is 0 Å². The fourth-order valence-corrected chi connectivity index (χ4v) is 1.77. The first kappa shape index (κ1) is 9.88. The van der Waals surface area contributed by atoms with Crippen LogP contribution in [-0.2, 0) is 0 Å². The maximum Gasteiger partial charge on any atom is 0.395 e. The second-order valence-electron chi connectivity index (χ2n) is 2.43. The number of halogens is 4. The fraction of sp³-hybridized carbons (Fsp3) is 0.429. The average molecular weight is 289 g/mol. The van der Waals surface area contributed by atoms with Gasteiger partial charge in [-0.3, -0.25) is 3.56 Å². The van der Waals surface area contributed by atoms with E-state index in [4.69, 9.17) is 3.56 Å². The summed E-state index contributed by atoms with van der Waals surface area (Å²) in [5, 5.41) is 0. The number of nitrogens with one attached hydrogen (secondary N) is 1. The van der Waals surface area contributed by atoms with E-state index in [1.165, 1.54) is 12.2 Å². The van der Waals surface area contributed by atoms with Crippen molar-refractivity contribution in [2.24, 2.45) is 5.92 Å². The lowest BCUT2D eigenvalue weighted by Gasteiger charge is -2.17. The molecule has 0 amide bonds. The van der Waals surface area contributed by atoms with Gasteiger partial charge in [0.2, 0.25) is 0 Å². The van der Waals surface area contributed by atoms with Gasteiger partial charge in [0, 0.05) is 24.6 Å². The van der Waals surface area contributed by atoms with Crippen LogP contribution in [0.5, 0.6) is 0 Å². The maximum absolute atomic E-state index is 12.1. The van der Waals surface area contributed by atoms with Crippen molar-refractivity contribution in [3.63, 3.8) is 0 Å². The summed E-state index contributed by atoms with van der Waals surface area (Å²) in [7, 11) is 0. The lowest BCUT2D eigenvalue weighted by atomic mass is 10.0. The standard InChI is InChI=1S/C7H7F3IN/c8-7(9,10)5-1-3-6(11-12)4-2-5/h1,3-5,12H,2H2. The van der Waals surface area contributed by atoms with Gasteiger partial charge in [0.1, 0.15) is 0 Å². The van der Waals surface area contributed by atoms with Crippen LogP contribution in [-0.4, -0.2) is 6.18 Å². The molecule has 1 atom stereocenters. The first-order valence-electron chi connectivity index (χ1n) is 3.29. The Morgan fingerprint density at radius 3 is 2.50 bits per heavy atom. The summed E-state index contributed by atoms with van der Waals surface area (Å²) in [5.41, 5.74) is 0. The van der Waals surface area contributed by atoms with E-state index < -0.39 is 33.1 Å². The molecular weight excluding hydrogens is 282 g/mol. The molecule has 1 unspecified atom stereocenters. The summed E-state index contributed by atoms with van der Waals surface area (Å²) in [6, 6.07) is 0. The van der Waals surface area contributed by atoms with Gasteiger partial charge < -0.3 is 0 Å². The highest BCUT2D eigenvalue weighted by molar-refractivity contribution is 14.2. The van der Waals surface area contributed by atoms with Crippen LogP contribution in [0, 0.1) is 9.48 Å². The molecule has 1 nitrogen and oxygen atoms in total. The van der Waals surface area contributed by atoms with Gasteiger partial charge in [0.05, 0.1) is 5.92 Å². The van der Waals surface area contributed by atoms with Crippen LogP contribution in [0.25, 0.3) is 0 Å². The highest BCUT2D eigenvalue weighted by Gasteiger charge is 2.37. The second-order valence-corrected chi connectivity index (χ2v) is 4.21. The van der Waals surface area contributed by atoms with Crippen LogP contribution in [0.3, 0.4) is 0 Å². The Kier molecular flexibility index (Phi) is 3.03. The molecule has 0 aromatic heterocycles. The minimum atomic E-state index is -4.13. The van der Waals surface area contributed by atoms with Crippen LogP contribution in [0.4, 0.5) is 13.2 Å². The number of hydrogen-bond donors (Lipinski definition) is 1. The van der Waals surface area contributed by atoms with Gasteiger partial charge >= 0.3 is 6.18 Å². The number of alkyl halides is 3. The van der Waals surface area contributed by atoms with Crippen LogP contribution >= 0.6 is 21.0 Å². The van der Waals surface area contributed by atoms with Gasteiger partial charge in [-0.05, 0) is 6.42 Å². The Morgan fingerprint density at radius 2 is 2.17 bits per heavy atom. The largest absolute Gasteiger partial charge is 0.395 e. The van der Waals surface area contributed by atoms with Crippen molar-refractivity contribution in [2.45, 2.75) is 12.6 Å². The van der Waals surface area contributed by atoms with Gasteiger partial charge in [-0.25, -0.2) is 0 Å². The lowest BCUT2D eigenvalue weighted by molar-refractivity contribution is -0.160. The van der Waals surface area contributed by atoms with E-state index in [9.17, 15) is 13.2 Å². The zero-order valence-corrected chi connectivity index (χ0v) is 8.19. The van der Waals surface area contributed by atoms with Crippen molar-refractivity contribution in [3.8, 4) is 0 Å². The van der Waals surface area contributed by atoms with E-state index in [-0.39, 0.29) is 6.42 Å². The third-order valence-electron chi connectivity index (χ3n) is 1.58. The van der Waals surface area contributed by atoms with Crippen LogP contribution in [0.1, 0.15) is 6.42 Å². The molecule has 68 valence electrons. The van der Waals surface area contributed by atoms with Crippen LogP contribution in [0.2, 0.25) is 0 Å². The highest BCUT2D eigenvalue weighted by atomic mass is 127. The van der Waals surface area contributed by atoms with Gasteiger partial charge in [-0.15, -0.1) is 0 Å². The summed E-state index contributed by atoms with van der Waals surface area (Å²) in [6.45, 7) is 0. The van der Waals surface area contributed by atoms with Crippen LogP contribution in [0.15, 0.2) is 21.8 Å². The zero-order chi connectivity index (χ0) is 9.19. The topological polar surface area (TPSA) is 23.9 Å². The third kappa shape index (κ3) is 2.40. The van der Waals surface area contributed by atoms with Crippen molar-refractivity contribution < 1.29 is 13.2 Å². The minimum Gasteiger partial charge on any atom is -0.274 e. The van der Waals surface area contributed by atoms with Crippen molar-refractivity contribution >= 4 is 21.0 Å². The predicted molar refractivity (Wildman–Crippen MR) is 48.1 cm³/mol. The SMILES string of the molecule is N=IC1=CCC(C(F)(F)F)C=C1. The van der Waals surface area contributed by atoms with E-state index >= 15 is 0 Å². The normalized spacial score (nSPS) is 23.9. The van der Waals surface area contributed by atoms with E-state index in [0.29, 0.717) is 0 Å². The van der Waals surface area contributed by atoms with Gasteiger partial charge in [-0.1, -0.05) is 18.2 Å². The summed E-state index contributed by atoms with van der Waals surface area (Å²) in [4.78, 5) is 0. The molecule has 0 bridgehead atoms. The quantitative estimate of drug-likeness (QED) is 0.711. The third-order valence-corrected chi connectivity index (χ3v) is 3.01. The number of hydrogen-bond acceptors (Lipinski definition) is 1. The molecule has 0 aromatic carbocycles. The summed E-state index contributed by atoms with van der Waals surface area (Å²) < 4.78 is 44.0. The second kappa shape index (κ2) is 3.68. The molecule has 0 saturated carbocycles. The predicted octanol–water partition coefficient (Wildman–Crippen LogP) is 3.74. The molecule has 0 saturated heterocycles. The lowest BCUT2D eigenvalue weighted by Crippen LogP contribution is -2.21. The van der Waals surface area contributed by atoms with Crippen molar-refractivity contribution in [1.82, 2.24) is 0 Å². The Morgan fingerprint density at radius 1 is 1.50 bits per heavy atom. The first-order chi connectivity index (χ1) is 5.54. The highest BCUT2D eigenvalue weighted by Crippen LogP contribution is 2.34. The molecular formula is C7H7F3IN. The Balaban J connectivity index is 2.66. The molecule has 5 heteroatoms. The molecule has 0 radical (unpaired) electrons. The molecule has 1 rings (SSSR count). The smallest absolute Gasteiger partial charge is 0.274 e. The van der Waals surface area contributed by atoms with Gasteiger partial charge in [0.15, 0.2) is 0 Å². The Labute approximate surface area is 78.3 Å². The average Bonchev–Trinajstić information content (AvgIpc) is 2.03. The molecule has 1 aliphatic rings. The molecule has 0 heterocycles. The zero-order valence-electron chi connectivity index (χ0n) is 6.03. The molecule has 0 aromatic rings. The summed E-state index contributed by atoms with van der Waals surface area (Å²) >= 11 is -0.813. The van der Waals surface area contributed by atoms with E-state index in [2.05, 4.69) is 0 Å². The number of allylic oxidation sites excluding steroid dienone is 4. The van der Waals surface area contributed by atoms with Crippen molar-refractivity contribution in [2.75, 3.05) is 0 Å². The summed E-state index contributed by atoms with van der Waals surface area (Å²) in [6.07, 6.45) is -0.00320. The fourth-order valence-electron chi connectivity index (χ4n) is 0.907. The minimum absolute atomic E-state index is 0.00787. The molecule has 0 spiro atoms. The van der Waals surface area contributed by atoms with Gasteiger partial charge in [-0.2, -0.15) is 13.2 Å². The Bertz CT molecular complexity index is 242. The van der Waals surface area contributed by atoms with Gasteiger partial charge in [0.25, 0.3) is 0 Å². The Hall–Kier alpha value is -0.200. The molecule has 12 heavy (non-hydrogen) atoms. The summed E-state index contributed by atoms with van der Waals surface area (Å²) in [5.74, 6) is -1.34. The van der Waals surface area contributed by atoms with Crippen molar-refractivity contribution in [3.05, 3.63) is 21.8 Å². The monoisotopic (exact) mass is 289 g/mol. The van der Waals surface area contributed by atoms with Crippen LogP contribution < -0.4 is 0 Å². The number of rotatable bonds is 1. The molecule has 1 aliphatic carbocycles. The first-order valence-corrected chi connectivity index (χ1v) is 5.45.